The first-order chi connectivity index (χ1) is 14.7. The molecule has 4 aromatic rings. The van der Waals surface area contributed by atoms with Gasteiger partial charge in [-0.25, -0.2) is 4.98 Å². The molecular weight excluding hydrogens is 429 g/mol. The number of pyridine rings is 1. The SMILES string of the molecule is CC(C)C(c1ccc(Cl)cc1)n1cnc(-c2cc(-c3nn[nH]c3C(F)(F)F)ccn2)c1. The molecule has 0 radical (unpaired) electrons. The first kappa shape index (κ1) is 21.0. The molecule has 0 spiro atoms. The Morgan fingerprint density at radius 1 is 1.03 bits per heavy atom. The van der Waals surface area contributed by atoms with Gasteiger partial charge in [-0.05, 0) is 35.7 Å². The van der Waals surface area contributed by atoms with Gasteiger partial charge in [-0.2, -0.15) is 13.2 Å². The minimum absolute atomic E-state index is 0.00840. The van der Waals surface area contributed by atoms with E-state index in [1.165, 1.54) is 18.3 Å². The summed E-state index contributed by atoms with van der Waals surface area (Å²) in [4.78, 5) is 8.72. The molecular formula is C21H18ClF3N6. The second-order valence-corrected chi connectivity index (χ2v) is 7.85. The third-order valence-corrected chi connectivity index (χ3v) is 5.15. The van der Waals surface area contributed by atoms with E-state index in [4.69, 9.17) is 11.6 Å². The monoisotopic (exact) mass is 446 g/mol. The summed E-state index contributed by atoms with van der Waals surface area (Å²) in [5, 5.41) is 9.49. The highest BCUT2D eigenvalue weighted by Crippen LogP contribution is 2.35. The number of alkyl halides is 3. The lowest BCUT2D eigenvalue weighted by Gasteiger charge is -2.23. The summed E-state index contributed by atoms with van der Waals surface area (Å²) in [6.45, 7) is 4.20. The van der Waals surface area contributed by atoms with Gasteiger partial charge in [0.25, 0.3) is 0 Å². The van der Waals surface area contributed by atoms with Crippen molar-refractivity contribution < 1.29 is 13.2 Å². The van der Waals surface area contributed by atoms with Gasteiger partial charge in [-0.1, -0.05) is 42.8 Å². The maximum atomic E-state index is 13.2. The van der Waals surface area contributed by atoms with Crippen molar-refractivity contribution in [3.63, 3.8) is 0 Å². The van der Waals surface area contributed by atoms with Crippen LogP contribution in [0.25, 0.3) is 22.6 Å². The third-order valence-electron chi connectivity index (χ3n) is 4.89. The van der Waals surface area contributed by atoms with E-state index in [9.17, 15) is 13.2 Å². The summed E-state index contributed by atoms with van der Waals surface area (Å²) in [5.74, 6) is 0.256. The zero-order valence-corrected chi connectivity index (χ0v) is 17.4. The quantitative estimate of drug-likeness (QED) is 0.430. The zero-order chi connectivity index (χ0) is 22.2. The van der Waals surface area contributed by atoms with E-state index in [0.717, 1.165) is 5.56 Å². The normalized spacial score (nSPS) is 13.0. The van der Waals surface area contributed by atoms with Crippen molar-refractivity contribution in [2.24, 2.45) is 5.92 Å². The van der Waals surface area contributed by atoms with Crippen LogP contribution < -0.4 is 0 Å². The molecule has 0 amide bonds. The highest BCUT2D eigenvalue weighted by atomic mass is 35.5. The van der Waals surface area contributed by atoms with Crippen LogP contribution in [0.2, 0.25) is 5.02 Å². The number of hydrogen-bond donors (Lipinski definition) is 1. The number of aromatic nitrogens is 6. The molecule has 3 aromatic heterocycles. The third kappa shape index (κ3) is 4.32. The summed E-state index contributed by atoms with van der Waals surface area (Å²) in [5.41, 5.74) is 1.01. The Morgan fingerprint density at radius 2 is 1.77 bits per heavy atom. The lowest BCUT2D eigenvalue weighted by Crippen LogP contribution is -2.15. The minimum Gasteiger partial charge on any atom is -0.329 e. The Morgan fingerprint density at radius 3 is 2.45 bits per heavy atom. The van der Waals surface area contributed by atoms with Crippen molar-refractivity contribution in [1.82, 2.24) is 29.9 Å². The molecule has 10 heteroatoms. The Kier molecular flexibility index (Phi) is 5.53. The molecule has 3 heterocycles. The van der Waals surface area contributed by atoms with Gasteiger partial charge < -0.3 is 4.57 Å². The van der Waals surface area contributed by atoms with Gasteiger partial charge in [0, 0.05) is 23.0 Å². The predicted octanol–water partition coefficient (Wildman–Crippen LogP) is 5.65. The highest BCUT2D eigenvalue weighted by molar-refractivity contribution is 6.30. The summed E-state index contributed by atoms with van der Waals surface area (Å²) < 4.78 is 41.5. The number of benzene rings is 1. The smallest absolute Gasteiger partial charge is 0.329 e. The molecule has 1 unspecified atom stereocenters. The molecule has 160 valence electrons. The van der Waals surface area contributed by atoms with Crippen molar-refractivity contribution in [2.75, 3.05) is 0 Å². The molecule has 1 N–H and O–H groups in total. The van der Waals surface area contributed by atoms with Gasteiger partial charge in [0.05, 0.1) is 18.1 Å². The maximum Gasteiger partial charge on any atom is 0.435 e. The van der Waals surface area contributed by atoms with Crippen molar-refractivity contribution in [3.05, 3.63) is 71.4 Å². The zero-order valence-electron chi connectivity index (χ0n) is 16.6. The Labute approximate surface area is 181 Å². The molecule has 1 atom stereocenters. The fourth-order valence-electron chi connectivity index (χ4n) is 3.53. The Hall–Kier alpha value is -3.20. The summed E-state index contributed by atoms with van der Waals surface area (Å²) in [6, 6.07) is 10.6. The predicted molar refractivity (Wildman–Crippen MR) is 110 cm³/mol. The van der Waals surface area contributed by atoms with Gasteiger partial charge in [-0.3, -0.25) is 10.1 Å². The standard InChI is InChI=1S/C21H18ClF3N6/c1-12(2)19(13-3-5-15(22)6-4-13)31-10-17(27-11-31)16-9-14(7-8-26-16)18-20(21(23,24)25)29-30-28-18/h3-12,19H,1-2H3,(H,28,29,30). The first-order valence-corrected chi connectivity index (χ1v) is 9.86. The van der Waals surface area contributed by atoms with Crippen LogP contribution in [0.4, 0.5) is 13.2 Å². The Balaban J connectivity index is 1.69. The van der Waals surface area contributed by atoms with Gasteiger partial charge in [0.1, 0.15) is 11.4 Å². The maximum absolute atomic E-state index is 13.2. The number of aromatic amines is 1. The van der Waals surface area contributed by atoms with E-state index < -0.39 is 11.9 Å². The number of nitrogens with zero attached hydrogens (tertiary/aromatic N) is 5. The second-order valence-electron chi connectivity index (χ2n) is 7.41. The van der Waals surface area contributed by atoms with Crippen molar-refractivity contribution >= 4 is 11.6 Å². The molecule has 6 nitrogen and oxygen atoms in total. The molecule has 0 saturated carbocycles. The molecule has 0 fully saturated rings. The fourth-order valence-corrected chi connectivity index (χ4v) is 3.65. The molecule has 0 aliphatic heterocycles. The lowest BCUT2D eigenvalue weighted by atomic mass is 9.96. The second kappa shape index (κ2) is 8.14. The average molecular weight is 447 g/mol. The number of hydrogen-bond acceptors (Lipinski definition) is 4. The van der Waals surface area contributed by atoms with Crippen molar-refractivity contribution in [3.8, 4) is 22.6 Å². The molecule has 4 rings (SSSR count). The van der Waals surface area contributed by atoms with Crippen LogP contribution in [0.3, 0.4) is 0 Å². The molecule has 0 aliphatic carbocycles. The van der Waals surface area contributed by atoms with E-state index in [1.54, 1.807) is 6.33 Å². The van der Waals surface area contributed by atoms with Gasteiger partial charge in [0.15, 0.2) is 5.69 Å². The van der Waals surface area contributed by atoms with Gasteiger partial charge in [-0.15, -0.1) is 5.10 Å². The number of nitrogens with one attached hydrogen (secondary N) is 1. The van der Waals surface area contributed by atoms with Crippen LogP contribution in [0.5, 0.6) is 0 Å². The van der Waals surface area contributed by atoms with E-state index >= 15 is 0 Å². The summed E-state index contributed by atoms with van der Waals surface area (Å²) in [6.07, 6.45) is 0.365. The molecule has 0 bridgehead atoms. The van der Waals surface area contributed by atoms with E-state index in [1.807, 2.05) is 40.1 Å². The number of H-pyrrole nitrogens is 1. The lowest BCUT2D eigenvalue weighted by molar-refractivity contribution is -0.140. The minimum atomic E-state index is -4.59. The van der Waals surface area contributed by atoms with Crippen LogP contribution in [-0.2, 0) is 6.18 Å². The fraction of sp³-hybridized carbons (Fsp3) is 0.238. The number of imidazole rings is 1. The van der Waals surface area contributed by atoms with Gasteiger partial charge in [0.2, 0.25) is 0 Å². The largest absolute Gasteiger partial charge is 0.435 e. The van der Waals surface area contributed by atoms with Crippen LogP contribution in [0, 0.1) is 5.92 Å². The van der Waals surface area contributed by atoms with Crippen molar-refractivity contribution in [2.45, 2.75) is 26.1 Å². The Bertz CT molecular complexity index is 1180. The molecule has 0 aliphatic rings. The van der Waals surface area contributed by atoms with Crippen LogP contribution in [0.15, 0.2) is 55.1 Å². The summed E-state index contributed by atoms with van der Waals surface area (Å²) >= 11 is 6.01. The molecule has 31 heavy (non-hydrogen) atoms. The van der Waals surface area contributed by atoms with E-state index in [0.29, 0.717) is 16.4 Å². The summed E-state index contributed by atoms with van der Waals surface area (Å²) in [7, 11) is 0. The van der Waals surface area contributed by atoms with E-state index in [2.05, 4.69) is 34.1 Å². The van der Waals surface area contributed by atoms with Crippen molar-refractivity contribution in [1.29, 1.82) is 0 Å². The number of halogens is 4. The first-order valence-electron chi connectivity index (χ1n) is 9.48. The van der Waals surface area contributed by atoms with Crippen LogP contribution in [0.1, 0.15) is 31.1 Å². The topological polar surface area (TPSA) is 72.3 Å². The average Bonchev–Trinajstić information content (AvgIpc) is 3.39. The van der Waals surface area contributed by atoms with Crippen LogP contribution >= 0.6 is 11.6 Å². The van der Waals surface area contributed by atoms with E-state index in [-0.39, 0.29) is 23.2 Å². The molecule has 1 aromatic carbocycles. The molecule has 0 saturated heterocycles. The van der Waals surface area contributed by atoms with Gasteiger partial charge >= 0.3 is 6.18 Å². The number of rotatable bonds is 5. The highest BCUT2D eigenvalue weighted by Gasteiger charge is 2.37. The van der Waals surface area contributed by atoms with Crippen LogP contribution in [-0.4, -0.2) is 29.9 Å².